The molecule has 1 aliphatic carbocycles. The number of ether oxygens (including phenoxy) is 1. The van der Waals surface area contributed by atoms with E-state index in [0.29, 0.717) is 6.54 Å². The highest BCUT2D eigenvalue weighted by Crippen LogP contribution is 2.33. The van der Waals surface area contributed by atoms with Crippen LogP contribution in [0.3, 0.4) is 0 Å². The molecule has 2 heteroatoms. The minimum atomic E-state index is 0.0758. The standard InChI is InChI=1S/C15H23NO/c1-15(2,10-16)11-17-14-9-5-7-12-6-3-4-8-13(12)14/h3-4,6,8,14H,5,7,9-11,16H2,1-2H3. The molecular weight excluding hydrogens is 210 g/mol. The smallest absolute Gasteiger partial charge is 0.0828 e. The van der Waals surface area contributed by atoms with Crippen molar-refractivity contribution in [3.8, 4) is 0 Å². The lowest BCUT2D eigenvalue weighted by Crippen LogP contribution is -2.30. The molecule has 1 aliphatic rings. The number of hydrogen-bond donors (Lipinski definition) is 1. The van der Waals surface area contributed by atoms with Gasteiger partial charge in [-0.15, -0.1) is 0 Å². The summed E-state index contributed by atoms with van der Waals surface area (Å²) >= 11 is 0. The van der Waals surface area contributed by atoms with Gasteiger partial charge in [0.25, 0.3) is 0 Å². The molecule has 0 aromatic heterocycles. The van der Waals surface area contributed by atoms with Gasteiger partial charge in [-0.3, -0.25) is 0 Å². The highest BCUT2D eigenvalue weighted by molar-refractivity contribution is 5.31. The van der Waals surface area contributed by atoms with Gasteiger partial charge < -0.3 is 10.5 Å². The number of benzene rings is 1. The Balaban J connectivity index is 2.04. The van der Waals surface area contributed by atoms with Gasteiger partial charge in [0, 0.05) is 5.41 Å². The summed E-state index contributed by atoms with van der Waals surface area (Å²) in [6, 6.07) is 8.65. The van der Waals surface area contributed by atoms with Crippen molar-refractivity contribution in [2.75, 3.05) is 13.2 Å². The number of fused-ring (bicyclic) bond motifs is 1. The van der Waals surface area contributed by atoms with Crippen LogP contribution in [0.1, 0.15) is 43.9 Å². The Morgan fingerprint density at radius 2 is 2.12 bits per heavy atom. The van der Waals surface area contributed by atoms with E-state index in [1.807, 2.05) is 0 Å². The summed E-state index contributed by atoms with van der Waals surface area (Å²) in [5, 5.41) is 0. The van der Waals surface area contributed by atoms with Crippen molar-refractivity contribution in [2.24, 2.45) is 11.1 Å². The second-order valence-electron chi connectivity index (χ2n) is 5.76. The van der Waals surface area contributed by atoms with Crippen LogP contribution in [0.4, 0.5) is 0 Å². The molecule has 0 heterocycles. The van der Waals surface area contributed by atoms with Crippen LogP contribution in [-0.4, -0.2) is 13.2 Å². The third kappa shape index (κ3) is 3.08. The minimum absolute atomic E-state index is 0.0758. The van der Waals surface area contributed by atoms with E-state index in [1.165, 1.54) is 24.0 Å². The van der Waals surface area contributed by atoms with E-state index in [1.54, 1.807) is 0 Å². The van der Waals surface area contributed by atoms with E-state index in [-0.39, 0.29) is 11.5 Å². The molecule has 0 aliphatic heterocycles. The second-order valence-corrected chi connectivity index (χ2v) is 5.76. The highest BCUT2D eigenvalue weighted by Gasteiger charge is 2.23. The fourth-order valence-corrected chi connectivity index (χ4v) is 2.27. The van der Waals surface area contributed by atoms with Crippen molar-refractivity contribution in [1.82, 2.24) is 0 Å². The predicted molar refractivity (Wildman–Crippen MR) is 70.9 cm³/mol. The first-order valence-corrected chi connectivity index (χ1v) is 6.52. The first kappa shape index (κ1) is 12.6. The summed E-state index contributed by atoms with van der Waals surface area (Å²) in [7, 11) is 0. The van der Waals surface area contributed by atoms with Crippen LogP contribution in [0.2, 0.25) is 0 Å². The fourth-order valence-electron chi connectivity index (χ4n) is 2.27. The number of aryl methyl sites for hydroxylation is 1. The lowest BCUT2D eigenvalue weighted by atomic mass is 9.89. The van der Waals surface area contributed by atoms with Gasteiger partial charge in [-0.05, 0) is 36.9 Å². The van der Waals surface area contributed by atoms with Crippen LogP contribution in [0, 0.1) is 5.41 Å². The maximum absolute atomic E-state index is 6.09. The first-order chi connectivity index (χ1) is 8.12. The van der Waals surface area contributed by atoms with E-state index >= 15 is 0 Å². The summed E-state index contributed by atoms with van der Waals surface area (Å²) < 4.78 is 6.09. The van der Waals surface area contributed by atoms with E-state index in [2.05, 4.69) is 38.1 Å². The summed E-state index contributed by atoms with van der Waals surface area (Å²) in [5.41, 5.74) is 8.65. The number of hydrogen-bond acceptors (Lipinski definition) is 2. The summed E-state index contributed by atoms with van der Waals surface area (Å²) in [4.78, 5) is 0. The van der Waals surface area contributed by atoms with Crippen molar-refractivity contribution in [2.45, 2.75) is 39.2 Å². The average Bonchev–Trinajstić information content (AvgIpc) is 2.36. The maximum Gasteiger partial charge on any atom is 0.0828 e. The zero-order valence-electron chi connectivity index (χ0n) is 10.9. The molecule has 1 atom stereocenters. The SMILES string of the molecule is CC(C)(CN)COC1CCCc2ccccc21. The van der Waals surface area contributed by atoms with Gasteiger partial charge in [0.1, 0.15) is 0 Å². The molecule has 0 saturated heterocycles. The van der Waals surface area contributed by atoms with Crippen molar-refractivity contribution in [3.63, 3.8) is 0 Å². The quantitative estimate of drug-likeness (QED) is 0.867. The molecule has 1 aromatic rings. The Labute approximate surface area is 104 Å². The normalized spacial score (nSPS) is 20.1. The van der Waals surface area contributed by atoms with Crippen LogP contribution in [0.25, 0.3) is 0 Å². The summed E-state index contributed by atoms with van der Waals surface area (Å²) in [6.45, 7) is 5.72. The molecule has 2 rings (SSSR count). The van der Waals surface area contributed by atoms with E-state index in [9.17, 15) is 0 Å². The molecule has 2 nitrogen and oxygen atoms in total. The molecule has 2 N–H and O–H groups in total. The monoisotopic (exact) mass is 233 g/mol. The Morgan fingerprint density at radius 1 is 1.35 bits per heavy atom. The van der Waals surface area contributed by atoms with Crippen LogP contribution in [0.5, 0.6) is 0 Å². The second kappa shape index (κ2) is 5.19. The largest absolute Gasteiger partial charge is 0.373 e. The van der Waals surface area contributed by atoms with Gasteiger partial charge in [-0.25, -0.2) is 0 Å². The van der Waals surface area contributed by atoms with E-state index in [0.717, 1.165) is 13.0 Å². The zero-order chi connectivity index (χ0) is 12.3. The molecule has 0 radical (unpaired) electrons. The fraction of sp³-hybridized carbons (Fsp3) is 0.600. The highest BCUT2D eigenvalue weighted by atomic mass is 16.5. The van der Waals surface area contributed by atoms with Crippen LogP contribution in [-0.2, 0) is 11.2 Å². The van der Waals surface area contributed by atoms with Crippen molar-refractivity contribution < 1.29 is 4.74 Å². The third-order valence-electron chi connectivity index (χ3n) is 3.54. The molecule has 94 valence electrons. The van der Waals surface area contributed by atoms with Crippen molar-refractivity contribution in [1.29, 1.82) is 0 Å². The molecule has 1 unspecified atom stereocenters. The van der Waals surface area contributed by atoms with Crippen LogP contribution in [0.15, 0.2) is 24.3 Å². The predicted octanol–water partition coefficient (Wildman–Crippen LogP) is 3.07. The molecule has 0 spiro atoms. The van der Waals surface area contributed by atoms with Crippen LogP contribution >= 0.6 is 0 Å². The van der Waals surface area contributed by atoms with Gasteiger partial charge in [-0.2, -0.15) is 0 Å². The van der Waals surface area contributed by atoms with Crippen molar-refractivity contribution >= 4 is 0 Å². The Bertz CT molecular complexity index is 373. The molecule has 0 bridgehead atoms. The molecule has 0 saturated carbocycles. The molecule has 0 fully saturated rings. The molecule has 1 aromatic carbocycles. The molecule has 0 amide bonds. The lowest BCUT2D eigenvalue weighted by Gasteiger charge is -2.30. The van der Waals surface area contributed by atoms with Gasteiger partial charge in [0.15, 0.2) is 0 Å². The van der Waals surface area contributed by atoms with E-state index in [4.69, 9.17) is 10.5 Å². The zero-order valence-corrected chi connectivity index (χ0v) is 10.9. The van der Waals surface area contributed by atoms with Gasteiger partial charge in [0.05, 0.1) is 12.7 Å². The number of nitrogens with two attached hydrogens (primary N) is 1. The Kier molecular flexibility index (Phi) is 3.85. The number of rotatable bonds is 4. The molecular formula is C15H23NO. The van der Waals surface area contributed by atoms with Gasteiger partial charge >= 0.3 is 0 Å². The maximum atomic E-state index is 6.09. The third-order valence-corrected chi connectivity index (χ3v) is 3.54. The topological polar surface area (TPSA) is 35.2 Å². The molecule has 17 heavy (non-hydrogen) atoms. The van der Waals surface area contributed by atoms with Crippen molar-refractivity contribution in [3.05, 3.63) is 35.4 Å². The average molecular weight is 233 g/mol. The van der Waals surface area contributed by atoms with E-state index < -0.39 is 0 Å². The van der Waals surface area contributed by atoms with Gasteiger partial charge in [-0.1, -0.05) is 38.1 Å². The lowest BCUT2D eigenvalue weighted by molar-refractivity contribution is -0.00419. The Hall–Kier alpha value is -0.860. The van der Waals surface area contributed by atoms with Crippen LogP contribution < -0.4 is 5.73 Å². The minimum Gasteiger partial charge on any atom is -0.373 e. The summed E-state index contributed by atoms with van der Waals surface area (Å²) in [6.07, 6.45) is 3.82. The van der Waals surface area contributed by atoms with Gasteiger partial charge in [0.2, 0.25) is 0 Å². The Morgan fingerprint density at radius 3 is 2.88 bits per heavy atom. The summed E-state index contributed by atoms with van der Waals surface area (Å²) in [5.74, 6) is 0. The first-order valence-electron chi connectivity index (χ1n) is 6.52.